The molecule has 114 valence electrons. The Hall–Kier alpha value is -2.37. The first-order valence-electron chi connectivity index (χ1n) is 6.60. The van der Waals surface area contributed by atoms with Crippen molar-refractivity contribution in [2.75, 3.05) is 20.3 Å². The molecule has 0 heterocycles. The smallest absolute Gasteiger partial charge is 0.338 e. The summed E-state index contributed by atoms with van der Waals surface area (Å²) in [6.45, 7) is 1.90. The molecule has 0 aliphatic rings. The molecule has 0 fully saturated rings. The van der Waals surface area contributed by atoms with Crippen LogP contribution in [0.25, 0.3) is 0 Å². The largest absolute Gasteiger partial charge is 0.469 e. The summed E-state index contributed by atoms with van der Waals surface area (Å²) in [6, 6.07) is 6.88. The van der Waals surface area contributed by atoms with Crippen LogP contribution in [0.3, 0.4) is 0 Å². The summed E-state index contributed by atoms with van der Waals surface area (Å²) in [5, 5.41) is 2.55. The Kier molecular flexibility index (Phi) is 6.94. The van der Waals surface area contributed by atoms with E-state index in [1.165, 1.54) is 7.11 Å². The minimum Gasteiger partial charge on any atom is -0.469 e. The lowest BCUT2D eigenvalue weighted by molar-refractivity contribution is -0.140. The zero-order valence-corrected chi connectivity index (χ0v) is 12.2. The third-order valence-corrected chi connectivity index (χ3v) is 2.73. The average molecular weight is 293 g/mol. The molecule has 1 N–H and O–H groups in total. The lowest BCUT2D eigenvalue weighted by Gasteiger charge is -2.06. The number of methoxy groups -OCH3 is 1. The first-order chi connectivity index (χ1) is 10.0. The van der Waals surface area contributed by atoms with E-state index >= 15 is 0 Å². The Morgan fingerprint density at radius 3 is 2.43 bits per heavy atom. The van der Waals surface area contributed by atoms with Gasteiger partial charge in [-0.05, 0) is 25.5 Å². The molecular formula is C15H19NO5. The van der Waals surface area contributed by atoms with Crippen molar-refractivity contribution in [3.8, 4) is 0 Å². The van der Waals surface area contributed by atoms with Crippen LogP contribution in [0.5, 0.6) is 0 Å². The van der Waals surface area contributed by atoms with E-state index in [9.17, 15) is 14.4 Å². The molecule has 1 rings (SSSR count). The zero-order chi connectivity index (χ0) is 15.7. The number of carbonyl (C=O) groups is 3. The number of ether oxygens (including phenoxy) is 2. The number of nitrogens with one attached hydrogen (secondary N) is 1. The van der Waals surface area contributed by atoms with Crippen LogP contribution < -0.4 is 5.32 Å². The standard InChI is InChI=1S/C15H19NO5/c1-11-5-7-12(8-6-11)15(19)21-10-13(17)16-9-3-4-14(18)20-2/h5-8H,3-4,9-10H2,1-2H3,(H,16,17). The van der Waals surface area contributed by atoms with Gasteiger partial charge in [0, 0.05) is 13.0 Å². The van der Waals surface area contributed by atoms with Crippen molar-refractivity contribution in [2.24, 2.45) is 0 Å². The molecule has 0 radical (unpaired) electrons. The van der Waals surface area contributed by atoms with Crippen LogP contribution in [0.2, 0.25) is 0 Å². The van der Waals surface area contributed by atoms with Crippen LogP contribution >= 0.6 is 0 Å². The molecule has 0 aromatic heterocycles. The summed E-state index contributed by atoms with van der Waals surface area (Å²) < 4.78 is 9.36. The highest BCUT2D eigenvalue weighted by Gasteiger charge is 2.09. The summed E-state index contributed by atoms with van der Waals surface area (Å²) in [5.74, 6) is -1.27. The maximum absolute atomic E-state index is 11.7. The van der Waals surface area contributed by atoms with E-state index in [0.29, 0.717) is 18.5 Å². The minimum absolute atomic E-state index is 0.236. The van der Waals surface area contributed by atoms with Gasteiger partial charge in [-0.1, -0.05) is 17.7 Å². The van der Waals surface area contributed by atoms with Gasteiger partial charge >= 0.3 is 11.9 Å². The van der Waals surface area contributed by atoms with Gasteiger partial charge in [-0.2, -0.15) is 0 Å². The summed E-state index contributed by atoms with van der Waals surface area (Å²) in [6.07, 6.45) is 0.713. The fraction of sp³-hybridized carbons (Fsp3) is 0.400. The molecule has 21 heavy (non-hydrogen) atoms. The topological polar surface area (TPSA) is 81.7 Å². The van der Waals surface area contributed by atoms with Gasteiger partial charge < -0.3 is 14.8 Å². The maximum atomic E-state index is 11.7. The molecule has 0 saturated carbocycles. The Morgan fingerprint density at radius 1 is 1.14 bits per heavy atom. The second-order valence-electron chi connectivity index (χ2n) is 4.47. The summed E-state index contributed by atoms with van der Waals surface area (Å²) >= 11 is 0. The molecule has 0 atom stereocenters. The van der Waals surface area contributed by atoms with Crippen molar-refractivity contribution in [2.45, 2.75) is 19.8 Å². The summed E-state index contributed by atoms with van der Waals surface area (Å²) in [4.78, 5) is 33.9. The molecule has 6 nitrogen and oxygen atoms in total. The van der Waals surface area contributed by atoms with Crippen LogP contribution in [0.1, 0.15) is 28.8 Å². The highest BCUT2D eigenvalue weighted by Crippen LogP contribution is 2.04. The van der Waals surface area contributed by atoms with Crippen LogP contribution in [-0.4, -0.2) is 38.1 Å². The zero-order valence-electron chi connectivity index (χ0n) is 12.2. The lowest BCUT2D eigenvalue weighted by atomic mass is 10.1. The van der Waals surface area contributed by atoms with Gasteiger partial charge in [-0.25, -0.2) is 4.79 Å². The van der Waals surface area contributed by atoms with E-state index < -0.39 is 11.9 Å². The number of esters is 2. The molecule has 1 aromatic carbocycles. The Morgan fingerprint density at radius 2 is 1.81 bits per heavy atom. The van der Waals surface area contributed by atoms with Gasteiger partial charge in [0.05, 0.1) is 12.7 Å². The molecular weight excluding hydrogens is 274 g/mol. The van der Waals surface area contributed by atoms with E-state index in [1.807, 2.05) is 6.92 Å². The van der Waals surface area contributed by atoms with Gasteiger partial charge in [0.15, 0.2) is 6.61 Å². The summed E-state index contributed by atoms with van der Waals surface area (Å²) in [7, 11) is 1.31. The predicted molar refractivity (Wildman–Crippen MR) is 75.7 cm³/mol. The van der Waals surface area contributed by atoms with E-state index in [1.54, 1.807) is 24.3 Å². The first-order valence-corrected chi connectivity index (χ1v) is 6.60. The third kappa shape index (κ3) is 6.56. The van der Waals surface area contributed by atoms with Crippen molar-refractivity contribution in [3.63, 3.8) is 0 Å². The molecule has 6 heteroatoms. The number of amides is 1. The van der Waals surface area contributed by atoms with Gasteiger partial charge in [0.1, 0.15) is 0 Å². The maximum Gasteiger partial charge on any atom is 0.338 e. The van der Waals surface area contributed by atoms with Crippen molar-refractivity contribution in [3.05, 3.63) is 35.4 Å². The number of hydrogen-bond donors (Lipinski definition) is 1. The average Bonchev–Trinajstić information content (AvgIpc) is 2.49. The van der Waals surface area contributed by atoms with E-state index in [0.717, 1.165) is 5.56 Å². The Bertz CT molecular complexity index is 495. The number of rotatable bonds is 7. The van der Waals surface area contributed by atoms with E-state index in [-0.39, 0.29) is 19.0 Å². The molecule has 0 bridgehead atoms. The third-order valence-electron chi connectivity index (χ3n) is 2.73. The lowest BCUT2D eigenvalue weighted by Crippen LogP contribution is -2.29. The number of benzene rings is 1. The van der Waals surface area contributed by atoms with Crippen LogP contribution in [0.4, 0.5) is 0 Å². The van der Waals surface area contributed by atoms with Gasteiger partial charge in [0.25, 0.3) is 5.91 Å². The highest BCUT2D eigenvalue weighted by atomic mass is 16.5. The van der Waals surface area contributed by atoms with Crippen LogP contribution in [0.15, 0.2) is 24.3 Å². The number of carbonyl (C=O) groups excluding carboxylic acids is 3. The Labute approximate surface area is 123 Å². The molecule has 1 aromatic rings. The quantitative estimate of drug-likeness (QED) is 0.604. The van der Waals surface area contributed by atoms with Crippen LogP contribution in [0, 0.1) is 6.92 Å². The summed E-state index contributed by atoms with van der Waals surface area (Å²) in [5.41, 5.74) is 1.44. The molecule has 0 spiro atoms. The molecule has 0 saturated heterocycles. The minimum atomic E-state index is -0.542. The fourth-order valence-corrected chi connectivity index (χ4v) is 1.52. The second kappa shape index (κ2) is 8.73. The number of aryl methyl sites for hydroxylation is 1. The van der Waals surface area contributed by atoms with Gasteiger partial charge in [0.2, 0.25) is 0 Å². The van der Waals surface area contributed by atoms with E-state index in [4.69, 9.17) is 4.74 Å². The molecule has 0 aliphatic heterocycles. The van der Waals surface area contributed by atoms with Crippen molar-refractivity contribution >= 4 is 17.8 Å². The Balaban J connectivity index is 2.22. The second-order valence-corrected chi connectivity index (χ2v) is 4.47. The molecule has 0 unspecified atom stereocenters. The molecule has 1 amide bonds. The highest BCUT2D eigenvalue weighted by molar-refractivity contribution is 5.91. The number of hydrogen-bond acceptors (Lipinski definition) is 5. The SMILES string of the molecule is COC(=O)CCCNC(=O)COC(=O)c1ccc(C)cc1. The monoisotopic (exact) mass is 293 g/mol. The van der Waals surface area contributed by atoms with Crippen LogP contribution in [-0.2, 0) is 19.1 Å². The van der Waals surface area contributed by atoms with Gasteiger partial charge in [-0.15, -0.1) is 0 Å². The van der Waals surface area contributed by atoms with Crippen molar-refractivity contribution in [1.29, 1.82) is 0 Å². The molecule has 0 aliphatic carbocycles. The van der Waals surface area contributed by atoms with Gasteiger partial charge in [-0.3, -0.25) is 9.59 Å². The normalized spacial score (nSPS) is 9.81. The van der Waals surface area contributed by atoms with Crippen molar-refractivity contribution < 1.29 is 23.9 Å². The van der Waals surface area contributed by atoms with E-state index in [2.05, 4.69) is 10.1 Å². The van der Waals surface area contributed by atoms with Crippen molar-refractivity contribution in [1.82, 2.24) is 5.32 Å². The fourth-order valence-electron chi connectivity index (χ4n) is 1.52. The first kappa shape index (κ1) is 16.7. The predicted octanol–water partition coefficient (Wildman–Crippen LogP) is 1.22.